The molecule has 3 N–H and O–H groups in total. The van der Waals surface area contributed by atoms with E-state index in [1.807, 2.05) is 0 Å². The number of phenolic OH excluding ortho intramolecular Hbond substituents is 1. The highest BCUT2D eigenvalue weighted by Crippen LogP contribution is 2.46. The normalized spacial score (nSPS) is 17.3. The smallest absolute Gasteiger partial charge is 0.160 e. The summed E-state index contributed by atoms with van der Waals surface area (Å²) in [5.74, 6) is 0.384. The number of hydrogen-bond acceptors (Lipinski definition) is 4. The Morgan fingerprint density at radius 2 is 2.24 bits per heavy atom. The van der Waals surface area contributed by atoms with Crippen LogP contribution in [0.5, 0.6) is 11.5 Å². The van der Waals surface area contributed by atoms with Crippen LogP contribution in [0.3, 0.4) is 0 Å². The highest BCUT2D eigenvalue weighted by molar-refractivity contribution is 5.80. The van der Waals surface area contributed by atoms with Gasteiger partial charge >= 0.3 is 0 Å². The maximum Gasteiger partial charge on any atom is 0.160 e. The maximum absolute atomic E-state index is 11.1. The fourth-order valence-electron chi connectivity index (χ4n) is 2.49. The summed E-state index contributed by atoms with van der Waals surface area (Å²) in [5, 5.41) is 9.66. The number of aldehydes is 1. The van der Waals surface area contributed by atoms with E-state index >= 15 is 0 Å². The summed E-state index contributed by atoms with van der Waals surface area (Å²) in [6.07, 6.45) is 3.86. The lowest BCUT2D eigenvalue weighted by Gasteiger charge is -2.42. The number of benzene rings is 1. The number of methoxy groups -OCH3 is 1. The zero-order valence-corrected chi connectivity index (χ0v) is 9.90. The molecule has 0 radical (unpaired) electrons. The van der Waals surface area contributed by atoms with Gasteiger partial charge in [-0.1, -0.05) is 6.42 Å². The van der Waals surface area contributed by atoms with Crippen LogP contribution in [-0.4, -0.2) is 25.0 Å². The van der Waals surface area contributed by atoms with Crippen molar-refractivity contribution in [2.24, 2.45) is 5.73 Å². The Hall–Kier alpha value is -1.55. The molecule has 0 aliphatic heterocycles. The van der Waals surface area contributed by atoms with E-state index in [9.17, 15) is 9.90 Å². The lowest BCUT2D eigenvalue weighted by molar-refractivity contribution is 0.111. The molecule has 0 amide bonds. The number of ether oxygens (including phenoxy) is 1. The van der Waals surface area contributed by atoms with Crippen molar-refractivity contribution in [3.63, 3.8) is 0 Å². The summed E-state index contributed by atoms with van der Waals surface area (Å²) in [5.41, 5.74) is 7.13. The number of carbonyl (C=O) groups excluding carboxylic acids is 1. The molecular formula is C13H17NO3. The summed E-state index contributed by atoms with van der Waals surface area (Å²) in [6.45, 7) is 0.516. The van der Waals surface area contributed by atoms with Gasteiger partial charge in [0.1, 0.15) is 6.29 Å². The Morgan fingerprint density at radius 1 is 1.53 bits per heavy atom. The highest BCUT2D eigenvalue weighted by Gasteiger charge is 2.39. The molecule has 92 valence electrons. The summed E-state index contributed by atoms with van der Waals surface area (Å²) >= 11 is 0. The number of aromatic hydroxyl groups is 1. The number of phenols is 1. The predicted octanol–water partition coefficient (Wildman–Crippen LogP) is 1.59. The van der Waals surface area contributed by atoms with Crippen molar-refractivity contribution in [1.29, 1.82) is 0 Å². The first kappa shape index (κ1) is 11.9. The van der Waals surface area contributed by atoms with Gasteiger partial charge in [0.05, 0.1) is 7.11 Å². The van der Waals surface area contributed by atoms with Crippen molar-refractivity contribution in [1.82, 2.24) is 0 Å². The average Bonchev–Trinajstić information content (AvgIpc) is 2.29. The first-order chi connectivity index (χ1) is 8.16. The molecule has 1 aromatic carbocycles. The molecule has 0 bridgehead atoms. The fraction of sp³-hybridized carbons (Fsp3) is 0.462. The third kappa shape index (κ3) is 1.78. The second kappa shape index (κ2) is 4.37. The first-order valence-corrected chi connectivity index (χ1v) is 5.73. The fourth-order valence-corrected chi connectivity index (χ4v) is 2.49. The Labute approximate surface area is 100 Å². The van der Waals surface area contributed by atoms with Crippen LogP contribution >= 0.6 is 0 Å². The Balaban J connectivity index is 2.54. The van der Waals surface area contributed by atoms with Crippen LogP contribution in [0.15, 0.2) is 12.1 Å². The number of carbonyl (C=O) groups is 1. The summed E-state index contributed by atoms with van der Waals surface area (Å²) in [4.78, 5) is 11.1. The van der Waals surface area contributed by atoms with E-state index in [4.69, 9.17) is 10.5 Å². The van der Waals surface area contributed by atoms with Gasteiger partial charge in [0.15, 0.2) is 11.5 Å². The van der Waals surface area contributed by atoms with Crippen molar-refractivity contribution in [2.75, 3.05) is 13.7 Å². The quantitative estimate of drug-likeness (QED) is 0.777. The van der Waals surface area contributed by atoms with Gasteiger partial charge in [-0.05, 0) is 30.5 Å². The van der Waals surface area contributed by atoms with Crippen LogP contribution in [0.25, 0.3) is 0 Å². The second-order valence-electron chi connectivity index (χ2n) is 4.57. The van der Waals surface area contributed by atoms with Crippen molar-refractivity contribution < 1.29 is 14.6 Å². The Morgan fingerprint density at radius 3 is 2.65 bits per heavy atom. The molecule has 0 aromatic heterocycles. The van der Waals surface area contributed by atoms with Crippen molar-refractivity contribution >= 4 is 6.29 Å². The van der Waals surface area contributed by atoms with Gasteiger partial charge in [-0.2, -0.15) is 0 Å². The largest absolute Gasteiger partial charge is 0.504 e. The molecule has 4 heteroatoms. The molecule has 1 aliphatic rings. The van der Waals surface area contributed by atoms with Crippen molar-refractivity contribution in [3.8, 4) is 11.5 Å². The monoisotopic (exact) mass is 235 g/mol. The van der Waals surface area contributed by atoms with Crippen molar-refractivity contribution in [2.45, 2.75) is 24.7 Å². The SMILES string of the molecule is COc1cc(C2(CN)CCC2)c(C=O)cc1O. The topological polar surface area (TPSA) is 72.5 Å². The Kier molecular flexibility index (Phi) is 3.07. The molecular weight excluding hydrogens is 218 g/mol. The van der Waals surface area contributed by atoms with E-state index in [1.165, 1.54) is 13.2 Å². The molecule has 0 saturated heterocycles. The van der Waals surface area contributed by atoms with E-state index in [2.05, 4.69) is 0 Å². The van der Waals surface area contributed by atoms with Gasteiger partial charge in [0, 0.05) is 17.5 Å². The minimum Gasteiger partial charge on any atom is -0.504 e. The molecule has 1 saturated carbocycles. The van der Waals surface area contributed by atoms with E-state index in [-0.39, 0.29) is 11.2 Å². The number of nitrogens with two attached hydrogens (primary N) is 1. The molecule has 1 aromatic rings. The van der Waals surface area contributed by atoms with Crippen LogP contribution in [0, 0.1) is 0 Å². The molecule has 4 nitrogen and oxygen atoms in total. The standard InChI is InChI=1S/C13H17NO3/c1-17-12-6-10(9(7-15)5-11(12)16)13(8-14)3-2-4-13/h5-7,16H,2-4,8,14H2,1H3. The molecule has 1 aliphatic carbocycles. The van der Waals surface area contributed by atoms with Crippen LogP contribution in [-0.2, 0) is 5.41 Å². The van der Waals surface area contributed by atoms with Gasteiger partial charge in [0.2, 0.25) is 0 Å². The van der Waals surface area contributed by atoms with E-state index in [0.717, 1.165) is 31.1 Å². The summed E-state index contributed by atoms with van der Waals surface area (Å²) < 4.78 is 5.09. The summed E-state index contributed by atoms with van der Waals surface area (Å²) in [6, 6.07) is 3.20. The predicted molar refractivity (Wildman–Crippen MR) is 64.6 cm³/mol. The van der Waals surface area contributed by atoms with Gasteiger partial charge in [0.25, 0.3) is 0 Å². The van der Waals surface area contributed by atoms with E-state index < -0.39 is 0 Å². The first-order valence-electron chi connectivity index (χ1n) is 5.73. The lowest BCUT2D eigenvalue weighted by atomic mass is 9.63. The van der Waals surface area contributed by atoms with Gasteiger partial charge in [-0.25, -0.2) is 0 Å². The molecule has 17 heavy (non-hydrogen) atoms. The van der Waals surface area contributed by atoms with Gasteiger partial charge in [-0.15, -0.1) is 0 Å². The maximum atomic E-state index is 11.1. The lowest BCUT2D eigenvalue weighted by Crippen LogP contribution is -2.42. The third-order valence-corrected chi connectivity index (χ3v) is 3.75. The third-order valence-electron chi connectivity index (χ3n) is 3.75. The second-order valence-corrected chi connectivity index (χ2v) is 4.57. The van der Waals surface area contributed by atoms with E-state index in [0.29, 0.717) is 17.9 Å². The van der Waals surface area contributed by atoms with Gasteiger partial charge in [-0.3, -0.25) is 4.79 Å². The van der Waals surface area contributed by atoms with Crippen molar-refractivity contribution in [3.05, 3.63) is 23.3 Å². The number of hydrogen-bond donors (Lipinski definition) is 2. The molecule has 2 rings (SSSR count). The summed E-state index contributed by atoms with van der Waals surface area (Å²) in [7, 11) is 1.50. The van der Waals surface area contributed by atoms with Crippen LogP contribution < -0.4 is 10.5 Å². The highest BCUT2D eigenvalue weighted by atomic mass is 16.5. The molecule has 0 heterocycles. The zero-order valence-electron chi connectivity index (χ0n) is 9.90. The minimum atomic E-state index is -0.114. The van der Waals surface area contributed by atoms with Crippen LogP contribution in [0.2, 0.25) is 0 Å². The van der Waals surface area contributed by atoms with Crippen LogP contribution in [0.1, 0.15) is 35.2 Å². The zero-order chi connectivity index (χ0) is 12.5. The van der Waals surface area contributed by atoms with E-state index in [1.54, 1.807) is 6.07 Å². The molecule has 0 unspecified atom stereocenters. The Bertz CT molecular complexity index is 433. The molecule has 0 spiro atoms. The average molecular weight is 235 g/mol. The minimum absolute atomic E-state index is 0.00940. The van der Waals surface area contributed by atoms with Gasteiger partial charge < -0.3 is 15.6 Å². The molecule has 0 atom stereocenters. The van der Waals surface area contributed by atoms with Crippen LogP contribution in [0.4, 0.5) is 0 Å². The number of rotatable bonds is 4. The molecule has 1 fully saturated rings.